The number of benzene rings is 1. The molecule has 1 amide bonds. The van der Waals surface area contributed by atoms with E-state index in [1.54, 1.807) is 39.1 Å². The Hall–Kier alpha value is -1.87. The topological polar surface area (TPSA) is 79.7 Å². The Kier molecular flexibility index (Phi) is 7.87. The number of sulfonamides is 1. The highest BCUT2D eigenvalue weighted by atomic mass is 35.5. The van der Waals surface area contributed by atoms with Crippen molar-refractivity contribution in [3.05, 3.63) is 62.5 Å². The van der Waals surface area contributed by atoms with E-state index in [9.17, 15) is 18.0 Å². The van der Waals surface area contributed by atoms with Gasteiger partial charge in [0.05, 0.1) is 14.9 Å². The molecule has 0 aliphatic carbocycles. The van der Waals surface area contributed by atoms with Gasteiger partial charge in [-0.1, -0.05) is 43.1 Å². The fourth-order valence-electron chi connectivity index (χ4n) is 2.76. The third-order valence-electron chi connectivity index (χ3n) is 4.43. The second-order valence-electron chi connectivity index (χ2n) is 6.42. The Morgan fingerprint density at radius 3 is 2.31 bits per heavy atom. The molecule has 0 unspecified atom stereocenters. The molecule has 0 aliphatic rings. The number of carbonyl (C=O) groups excluding carboxylic acids is 1. The second-order valence-corrected chi connectivity index (χ2v) is 9.17. The maximum absolute atomic E-state index is 12.7. The number of carbonyl (C=O) groups is 1. The number of aromatic nitrogens is 1. The van der Waals surface area contributed by atoms with Crippen LogP contribution in [0.2, 0.25) is 10.0 Å². The molecule has 7 nitrogen and oxygen atoms in total. The number of amides is 1. The van der Waals surface area contributed by atoms with Crippen molar-refractivity contribution in [1.29, 1.82) is 0 Å². The van der Waals surface area contributed by atoms with Crippen LogP contribution >= 0.6 is 23.2 Å². The van der Waals surface area contributed by atoms with Crippen molar-refractivity contribution in [3.8, 4) is 0 Å². The van der Waals surface area contributed by atoms with Gasteiger partial charge in [0, 0.05) is 38.9 Å². The lowest BCUT2D eigenvalue weighted by Gasteiger charge is -2.20. The van der Waals surface area contributed by atoms with Crippen molar-refractivity contribution < 1.29 is 13.2 Å². The molecule has 0 bridgehead atoms. The van der Waals surface area contributed by atoms with Crippen LogP contribution in [-0.4, -0.2) is 48.2 Å². The Labute approximate surface area is 180 Å². The summed E-state index contributed by atoms with van der Waals surface area (Å²) in [5.74, 6) is -0.351. The third kappa shape index (κ3) is 5.60. The van der Waals surface area contributed by atoms with Crippen molar-refractivity contribution in [2.24, 2.45) is 0 Å². The molecule has 1 aromatic carbocycles. The first-order valence-electron chi connectivity index (χ1n) is 8.98. The molecule has 10 heteroatoms. The first kappa shape index (κ1) is 23.4. The quantitative estimate of drug-likeness (QED) is 0.607. The van der Waals surface area contributed by atoms with Gasteiger partial charge in [0.25, 0.3) is 5.56 Å². The molecule has 0 spiro atoms. The summed E-state index contributed by atoms with van der Waals surface area (Å²) in [5, 5.41) is 0.803. The van der Waals surface area contributed by atoms with E-state index in [0.717, 1.165) is 16.2 Å². The van der Waals surface area contributed by atoms with Gasteiger partial charge in [-0.15, -0.1) is 0 Å². The van der Waals surface area contributed by atoms with E-state index < -0.39 is 15.6 Å². The van der Waals surface area contributed by atoms with E-state index in [0.29, 0.717) is 23.1 Å². The molecule has 0 N–H and O–H groups in total. The molecule has 0 atom stereocenters. The first-order chi connectivity index (χ1) is 13.6. The molecule has 1 aromatic heterocycles. The smallest absolute Gasteiger partial charge is 0.251 e. The van der Waals surface area contributed by atoms with Gasteiger partial charge < -0.3 is 9.47 Å². The minimum absolute atomic E-state index is 0.0271. The minimum atomic E-state index is -3.73. The summed E-state index contributed by atoms with van der Waals surface area (Å²) in [6.07, 6.45) is 1.21. The average Bonchev–Trinajstić information content (AvgIpc) is 2.67. The monoisotopic (exact) mass is 459 g/mol. The summed E-state index contributed by atoms with van der Waals surface area (Å²) in [5.41, 5.74) is 0.320. The van der Waals surface area contributed by atoms with Crippen LogP contribution in [0.3, 0.4) is 0 Å². The zero-order valence-electron chi connectivity index (χ0n) is 16.4. The Balaban J connectivity index is 2.21. The standard InChI is InChI=1S/C19H23Cl2N3O4S/c1-4-24(5-2)29(27,28)15-7-9-18(25)23(12-15)13-19(26)22(3)11-14-6-8-16(20)17(21)10-14/h6-10,12H,4-5,11,13H2,1-3H3. The lowest BCUT2D eigenvalue weighted by Crippen LogP contribution is -2.35. The van der Waals surface area contributed by atoms with Gasteiger partial charge >= 0.3 is 0 Å². The van der Waals surface area contributed by atoms with Crippen molar-refractivity contribution in [2.45, 2.75) is 31.8 Å². The van der Waals surface area contributed by atoms with Crippen molar-refractivity contribution in [3.63, 3.8) is 0 Å². The SMILES string of the molecule is CCN(CC)S(=O)(=O)c1ccc(=O)n(CC(=O)N(C)Cc2ccc(Cl)c(Cl)c2)c1. The molecule has 0 aliphatic heterocycles. The van der Waals surface area contributed by atoms with Crippen LogP contribution < -0.4 is 5.56 Å². The van der Waals surface area contributed by atoms with Crippen LogP contribution in [0.15, 0.2) is 46.2 Å². The molecular formula is C19H23Cl2N3O4S. The van der Waals surface area contributed by atoms with E-state index in [1.165, 1.54) is 21.5 Å². The van der Waals surface area contributed by atoms with Gasteiger partial charge in [0.1, 0.15) is 6.54 Å². The second kappa shape index (κ2) is 9.75. The normalized spacial score (nSPS) is 11.7. The summed E-state index contributed by atoms with van der Waals surface area (Å²) in [6.45, 7) is 4.07. The number of hydrogen-bond acceptors (Lipinski definition) is 4. The minimum Gasteiger partial charge on any atom is -0.340 e. The van der Waals surface area contributed by atoms with Crippen LogP contribution in [0.1, 0.15) is 19.4 Å². The molecular weight excluding hydrogens is 437 g/mol. The zero-order valence-corrected chi connectivity index (χ0v) is 18.8. The predicted molar refractivity (Wildman–Crippen MR) is 114 cm³/mol. The predicted octanol–water partition coefficient (Wildman–Crippen LogP) is 2.84. The fourth-order valence-corrected chi connectivity index (χ4v) is 4.56. The van der Waals surface area contributed by atoms with Crippen LogP contribution in [-0.2, 0) is 27.9 Å². The van der Waals surface area contributed by atoms with E-state index in [4.69, 9.17) is 23.2 Å². The number of pyridine rings is 1. The Morgan fingerprint density at radius 2 is 1.72 bits per heavy atom. The number of halogens is 2. The molecule has 0 fully saturated rings. The molecule has 0 saturated heterocycles. The summed E-state index contributed by atoms with van der Waals surface area (Å²) in [6, 6.07) is 7.47. The van der Waals surface area contributed by atoms with Crippen LogP contribution in [0.5, 0.6) is 0 Å². The largest absolute Gasteiger partial charge is 0.340 e. The van der Waals surface area contributed by atoms with Gasteiger partial charge in [0.15, 0.2) is 0 Å². The number of nitrogens with zero attached hydrogens (tertiary/aromatic N) is 3. The highest BCUT2D eigenvalue weighted by molar-refractivity contribution is 7.89. The van der Waals surface area contributed by atoms with Gasteiger partial charge in [-0.05, 0) is 23.8 Å². The van der Waals surface area contributed by atoms with E-state index in [1.807, 2.05) is 0 Å². The molecule has 2 aromatic rings. The third-order valence-corrected chi connectivity index (χ3v) is 7.21. The first-order valence-corrected chi connectivity index (χ1v) is 11.2. The van der Waals surface area contributed by atoms with Crippen molar-refractivity contribution >= 4 is 39.1 Å². The maximum atomic E-state index is 12.7. The van der Waals surface area contributed by atoms with Gasteiger partial charge in [-0.3, -0.25) is 9.59 Å². The van der Waals surface area contributed by atoms with E-state index >= 15 is 0 Å². The van der Waals surface area contributed by atoms with Crippen LogP contribution in [0.4, 0.5) is 0 Å². The summed E-state index contributed by atoms with van der Waals surface area (Å²) in [4.78, 5) is 26.1. The van der Waals surface area contributed by atoms with Crippen molar-refractivity contribution in [2.75, 3.05) is 20.1 Å². The molecule has 0 radical (unpaired) electrons. The lowest BCUT2D eigenvalue weighted by molar-refractivity contribution is -0.131. The maximum Gasteiger partial charge on any atom is 0.251 e. The van der Waals surface area contributed by atoms with Crippen LogP contribution in [0.25, 0.3) is 0 Å². The summed E-state index contributed by atoms with van der Waals surface area (Å²) in [7, 11) is -2.14. The van der Waals surface area contributed by atoms with Crippen molar-refractivity contribution in [1.82, 2.24) is 13.8 Å². The molecule has 29 heavy (non-hydrogen) atoms. The molecule has 158 valence electrons. The lowest BCUT2D eigenvalue weighted by atomic mass is 10.2. The van der Waals surface area contributed by atoms with Gasteiger partial charge in [0.2, 0.25) is 15.9 Å². The molecule has 2 rings (SSSR count). The summed E-state index contributed by atoms with van der Waals surface area (Å²) >= 11 is 11.9. The van der Waals surface area contributed by atoms with E-state index in [2.05, 4.69) is 0 Å². The van der Waals surface area contributed by atoms with Gasteiger partial charge in [-0.2, -0.15) is 4.31 Å². The number of rotatable bonds is 8. The molecule has 1 heterocycles. The Morgan fingerprint density at radius 1 is 1.07 bits per heavy atom. The number of likely N-dealkylation sites (N-methyl/N-ethyl adjacent to an activating group) is 1. The highest BCUT2D eigenvalue weighted by Crippen LogP contribution is 2.23. The average molecular weight is 460 g/mol. The van der Waals surface area contributed by atoms with Gasteiger partial charge in [-0.25, -0.2) is 8.42 Å². The summed E-state index contributed by atoms with van der Waals surface area (Å²) < 4.78 is 27.7. The highest BCUT2D eigenvalue weighted by Gasteiger charge is 2.23. The molecule has 0 saturated carbocycles. The fraction of sp³-hybridized carbons (Fsp3) is 0.368. The van der Waals surface area contributed by atoms with E-state index in [-0.39, 0.29) is 23.9 Å². The van der Waals surface area contributed by atoms with Crippen LogP contribution in [0, 0.1) is 0 Å². The Bertz CT molecular complexity index is 1050. The number of hydrogen-bond donors (Lipinski definition) is 0. The zero-order chi connectivity index (χ0) is 21.8.